The second kappa shape index (κ2) is 9.54. The molecule has 0 spiro atoms. The van der Waals surface area contributed by atoms with Gasteiger partial charge in [0.05, 0.1) is 0 Å². The highest BCUT2D eigenvalue weighted by molar-refractivity contribution is 8.15. The molecule has 2 unspecified atom stereocenters. The van der Waals surface area contributed by atoms with E-state index in [2.05, 4.69) is 137 Å². The van der Waals surface area contributed by atoms with Gasteiger partial charge >= 0.3 is 0 Å². The second-order valence-electron chi connectivity index (χ2n) is 11.5. The summed E-state index contributed by atoms with van der Waals surface area (Å²) < 4.78 is 2.78. The molecule has 0 radical (unpaired) electrons. The van der Waals surface area contributed by atoms with Crippen molar-refractivity contribution in [3.8, 4) is 11.1 Å². The van der Waals surface area contributed by atoms with Crippen LogP contribution >= 0.6 is 34.4 Å². The van der Waals surface area contributed by atoms with Crippen molar-refractivity contribution in [1.82, 2.24) is 0 Å². The summed E-state index contributed by atoms with van der Waals surface area (Å²) in [7, 11) is 0. The van der Waals surface area contributed by atoms with E-state index in [9.17, 15) is 0 Å². The number of fused-ring (bicyclic) bond motifs is 11. The van der Waals surface area contributed by atoms with E-state index in [4.69, 9.17) is 4.99 Å². The SMILES string of the molecule is c1ccc(C2=NC3c4c(ccc5cc(-c6ccc7c(c6)c6ccsc6c6ccsc76)ccc45)N(c4ccccc4)C3S2)cc1. The molecule has 44 heavy (non-hydrogen) atoms. The summed E-state index contributed by atoms with van der Waals surface area (Å²) in [4.78, 5) is 7.88. The molecule has 208 valence electrons. The summed E-state index contributed by atoms with van der Waals surface area (Å²) >= 11 is 5.58. The molecule has 5 heteroatoms. The highest BCUT2D eigenvalue weighted by Gasteiger charge is 2.45. The fraction of sp³-hybridized carbons (Fsp3) is 0.0513. The number of thiophene rings is 2. The molecule has 2 aromatic heterocycles. The molecule has 6 aromatic carbocycles. The molecule has 0 aliphatic carbocycles. The monoisotopic (exact) mass is 616 g/mol. The Balaban J connectivity index is 1.14. The highest BCUT2D eigenvalue weighted by atomic mass is 32.2. The molecule has 0 saturated heterocycles. The van der Waals surface area contributed by atoms with Gasteiger partial charge in [-0.15, -0.1) is 22.7 Å². The number of hydrogen-bond acceptors (Lipinski definition) is 5. The Morgan fingerprint density at radius 3 is 2.02 bits per heavy atom. The van der Waals surface area contributed by atoms with E-state index in [0.29, 0.717) is 0 Å². The number of benzene rings is 6. The van der Waals surface area contributed by atoms with Gasteiger partial charge in [-0.2, -0.15) is 0 Å². The molecule has 2 aliphatic heterocycles. The van der Waals surface area contributed by atoms with Gasteiger partial charge in [-0.1, -0.05) is 90.6 Å². The fourth-order valence-electron chi connectivity index (χ4n) is 7.15. The Labute approximate surface area is 266 Å². The minimum absolute atomic E-state index is 0.0701. The zero-order chi connectivity index (χ0) is 28.8. The third kappa shape index (κ3) is 3.58. The lowest BCUT2D eigenvalue weighted by atomic mass is 9.94. The van der Waals surface area contributed by atoms with E-state index in [1.165, 1.54) is 75.3 Å². The van der Waals surface area contributed by atoms with E-state index in [0.717, 1.165) is 5.04 Å². The molecule has 0 fully saturated rings. The lowest BCUT2D eigenvalue weighted by Crippen LogP contribution is -2.24. The van der Waals surface area contributed by atoms with Gasteiger partial charge in [0.15, 0.2) is 0 Å². The van der Waals surface area contributed by atoms with Gasteiger partial charge in [0, 0.05) is 48.1 Å². The molecule has 2 aliphatic rings. The largest absolute Gasteiger partial charge is 0.326 e. The van der Waals surface area contributed by atoms with Crippen LogP contribution in [0.1, 0.15) is 17.2 Å². The summed E-state index contributed by atoms with van der Waals surface area (Å²) in [6.45, 7) is 0. The van der Waals surface area contributed by atoms with Gasteiger partial charge in [0.1, 0.15) is 16.5 Å². The maximum Gasteiger partial charge on any atom is 0.113 e. The number of para-hydroxylation sites is 1. The van der Waals surface area contributed by atoms with Crippen molar-refractivity contribution in [1.29, 1.82) is 0 Å². The van der Waals surface area contributed by atoms with Gasteiger partial charge in [-0.25, -0.2) is 0 Å². The van der Waals surface area contributed by atoms with Crippen LogP contribution in [0, 0.1) is 0 Å². The predicted octanol–water partition coefficient (Wildman–Crippen LogP) is 11.8. The lowest BCUT2D eigenvalue weighted by Gasteiger charge is -2.26. The Hall–Kier alpha value is -4.42. The number of thioether (sulfide) groups is 1. The van der Waals surface area contributed by atoms with Gasteiger partial charge < -0.3 is 4.90 Å². The van der Waals surface area contributed by atoms with Crippen LogP contribution in [0.25, 0.3) is 52.8 Å². The first-order chi connectivity index (χ1) is 21.8. The maximum atomic E-state index is 5.39. The van der Waals surface area contributed by atoms with Crippen molar-refractivity contribution < 1.29 is 0 Å². The van der Waals surface area contributed by atoms with Crippen molar-refractivity contribution in [2.45, 2.75) is 11.4 Å². The summed E-state index contributed by atoms with van der Waals surface area (Å²) in [6.07, 6.45) is 0. The molecule has 2 nitrogen and oxygen atoms in total. The first-order valence-corrected chi connectivity index (χ1v) is 17.5. The molecule has 4 heterocycles. The van der Waals surface area contributed by atoms with Crippen molar-refractivity contribution in [3.63, 3.8) is 0 Å². The van der Waals surface area contributed by atoms with Crippen LogP contribution in [-0.4, -0.2) is 10.4 Å². The smallest absolute Gasteiger partial charge is 0.113 e. The number of anilines is 2. The lowest BCUT2D eigenvalue weighted by molar-refractivity contribution is 0.752. The van der Waals surface area contributed by atoms with Crippen LogP contribution in [0.2, 0.25) is 0 Å². The maximum absolute atomic E-state index is 5.39. The Kier molecular flexibility index (Phi) is 5.41. The summed E-state index contributed by atoms with van der Waals surface area (Å²) in [5.41, 5.74) is 7.51. The summed E-state index contributed by atoms with van der Waals surface area (Å²) in [5.74, 6) is 0. The third-order valence-electron chi connectivity index (χ3n) is 9.12. The van der Waals surface area contributed by atoms with Crippen LogP contribution in [0.4, 0.5) is 11.4 Å². The van der Waals surface area contributed by atoms with Gasteiger partial charge in [-0.3, -0.25) is 4.99 Å². The topological polar surface area (TPSA) is 15.6 Å². The fourth-order valence-corrected chi connectivity index (χ4v) is 10.4. The van der Waals surface area contributed by atoms with Gasteiger partial charge in [-0.05, 0) is 80.5 Å². The van der Waals surface area contributed by atoms with Crippen LogP contribution in [0.3, 0.4) is 0 Å². The van der Waals surface area contributed by atoms with Crippen molar-refractivity contribution >= 4 is 92.6 Å². The number of hydrogen-bond donors (Lipinski definition) is 0. The van der Waals surface area contributed by atoms with Crippen LogP contribution in [0.15, 0.2) is 137 Å². The zero-order valence-electron chi connectivity index (χ0n) is 23.5. The second-order valence-corrected chi connectivity index (χ2v) is 14.4. The first-order valence-electron chi connectivity index (χ1n) is 14.8. The van der Waals surface area contributed by atoms with E-state index in [1.54, 1.807) is 0 Å². The Bertz CT molecular complexity index is 2440. The molecular weight excluding hydrogens is 593 g/mol. The molecule has 0 bridgehead atoms. The Morgan fingerprint density at radius 2 is 1.23 bits per heavy atom. The Morgan fingerprint density at radius 1 is 0.545 bits per heavy atom. The van der Waals surface area contributed by atoms with Crippen molar-refractivity contribution in [3.05, 3.63) is 143 Å². The molecular formula is C39H24N2S3. The minimum Gasteiger partial charge on any atom is -0.326 e. The van der Waals surface area contributed by atoms with Crippen LogP contribution in [0.5, 0.6) is 0 Å². The van der Waals surface area contributed by atoms with Crippen LogP contribution < -0.4 is 4.90 Å². The summed E-state index contributed by atoms with van der Waals surface area (Å²) in [5, 5.41) is 13.7. The summed E-state index contributed by atoms with van der Waals surface area (Å²) in [6, 6.07) is 44.7. The first kappa shape index (κ1) is 25.0. The standard InChI is InChI=1S/C39H24N2S3/c1-3-7-23(8-4-1)38-40-35-34-28-14-11-24(21-26(28)13-16-33(34)41(39(35)44-38)27-9-5-2-6-10-27)25-12-15-29-32(22-25)30-17-19-42-37(30)31-18-20-43-36(29)31/h1-22,35,39H. The number of rotatable bonds is 3. The molecule has 8 aromatic rings. The molecule has 0 N–H and O–H groups in total. The van der Waals surface area contributed by atoms with E-state index in [1.807, 2.05) is 34.4 Å². The van der Waals surface area contributed by atoms with Gasteiger partial charge in [0.25, 0.3) is 0 Å². The normalized spacial score (nSPS) is 17.5. The molecule has 10 rings (SSSR count). The average molecular weight is 617 g/mol. The van der Waals surface area contributed by atoms with Crippen molar-refractivity contribution in [2.75, 3.05) is 4.90 Å². The average Bonchev–Trinajstić information content (AvgIpc) is 3.88. The van der Waals surface area contributed by atoms with E-state index < -0.39 is 0 Å². The molecule has 2 atom stereocenters. The van der Waals surface area contributed by atoms with Gasteiger partial charge in [0.2, 0.25) is 0 Å². The zero-order valence-corrected chi connectivity index (χ0v) is 25.9. The molecule has 0 amide bonds. The van der Waals surface area contributed by atoms with Crippen molar-refractivity contribution in [2.24, 2.45) is 4.99 Å². The minimum atomic E-state index is 0.0701. The quantitative estimate of drug-likeness (QED) is 0.196. The van der Waals surface area contributed by atoms with E-state index >= 15 is 0 Å². The third-order valence-corrected chi connectivity index (χ3v) is 12.3. The highest BCUT2D eigenvalue weighted by Crippen LogP contribution is 2.56. The predicted molar refractivity (Wildman–Crippen MR) is 193 cm³/mol. The number of aliphatic imine (C=N–C) groups is 1. The number of nitrogens with zero attached hydrogens (tertiary/aromatic N) is 2. The van der Waals surface area contributed by atoms with Crippen LogP contribution in [-0.2, 0) is 0 Å². The molecule has 0 saturated carbocycles. The van der Waals surface area contributed by atoms with E-state index in [-0.39, 0.29) is 11.4 Å².